The van der Waals surface area contributed by atoms with Crippen molar-refractivity contribution in [2.45, 2.75) is 29.4 Å². The second-order valence-corrected chi connectivity index (χ2v) is 10.0. The summed E-state index contributed by atoms with van der Waals surface area (Å²) in [4.78, 5) is 51.1. The molecular weight excluding hydrogens is 652 g/mol. The lowest BCUT2D eigenvalue weighted by Gasteiger charge is -2.43. The van der Waals surface area contributed by atoms with E-state index in [1.807, 2.05) is 0 Å². The number of carbonyl (C=O) groups excluding carboxylic acids is 4. The van der Waals surface area contributed by atoms with E-state index in [1.165, 1.54) is 0 Å². The van der Waals surface area contributed by atoms with Crippen LogP contribution in [0.3, 0.4) is 0 Å². The number of esters is 4. The topological polar surface area (TPSA) is 114 Å². The number of rotatable bonds is 9. The van der Waals surface area contributed by atoms with Gasteiger partial charge in [-0.1, -0.05) is 86.5 Å². The van der Waals surface area contributed by atoms with E-state index >= 15 is 0 Å². The Morgan fingerprint density at radius 2 is 1.07 bits per heavy atom. The first-order chi connectivity index (χ1) is 19.4. The van der Waals surface area contributed by atoms with E-state index in [2.05, 4.69) is 31.9 Å². The van der Waals surface area contributed by atoms with Crippen molar-refractivity contribution in [2.24, 2.45) is 0 Å². The molecule has 0 unspecified atom stereocenters. The zero-order chi connectivity index (χ0) is 28.5. The summed E-state index contributed by atoms with van der Waals surface area (Å²) in [5.41, 5.74) is 0.792. The quantitative estimate of drug-likeness (QED) is 0.181. The van der Waals surface area contributed by atoms with Gasteiger partial charge in [0.25, 0.3) is 0 Å². The SMILES string of the molecule is O=C(CBr)O[C@@H]1[C@@H](OC(=O)c2ccccc2)[C@@H](Br)O[C@H](COC(=O)c2ccccc2)[C@H]1OC(=O)c1ccccc1. The molecule has 1 aliphatic rings. The molecule has 0 amide bonds. The molecule has 208 valence electrons. The molecule has 0 spiro atoms. The summed E-state index contributed by atoms with van der Waals surface area (Å²) in [6.45, 7) is -0.357. The third-order valence-corrected chi connectivity index (χ3v) is 7.04. The highest BCUT2D eigenvalue weighted by Gasteiger charge is 2.52. The molecular formula is C29H24Br2O9. The van der Waals surface area contributed by atoms with Gasteiger partial charge in [-0.2, -0.15) is 0 Å². The number of benzene rings is 3. The Kier molecular flexibility index (Phi) is 10.5. The van der Waals surface area contributed by atoms with Gasteiger partial charge in [0, 0.05) is 0 Å². The Morgan fingerprint density at radius 1 is 0.625 bits per heavy atom. The van der Waals surface area contributed by atoms with Crippen molar-refractivity contribution in [1.29, 1.82) is 0 Å². The van der Waals surface area contributed by atoms with Gasteiger partial charge < -0.3 is 23.7 Å². The summed E-state index contributed by atoms with van der Waals surface area (Å²) in [5.74, 6) is -2.78. The summed E-state index contributed by atoms with van der Waals surface area (Å²) in [6.07, 6.45) is -4.96. The van der Waals surface area contributed by atoms with E-state index in [0.717, 1.165) is 0 Å². The van der Waals surface area contributed by atoms with E-state index in [4.69, 9.17) is 23.7 Å². The van der Waals surface area contributed by atoms with Crippen LogP contribution in [0.1, 0.15) is 31.1 Å². The molecule has 3 aromatic carbocycles. The third kappa shape index (κ3) is 7.56. The van der Waals surface area contributed by atoms with E-state index in [9.17, 15) is 19.2 Å². The van der Waals surface area contributed by atoms with Crippen molar-refractivity contribution in [3.63, 3.8) is 0 Å². The van der Waals surface area contributed by atoms with Crippen LogP contribution in [0.25, 0.3) is 0 Å². The average Bonchev–Trinajstić information content (AvgIpc) is 3.00. The number of carbonyl (C=O) groups is 4. The lowest BCUT2D eigenvalue weighted by molar-refractivity contribution is -0.218. The van der Waals surface area contributed by atoms with E-state index in [1.54, 1.807) is 91.0 Å². The van der Waals surface area contributed by atoms with Gasteiger partial charge in [0.05, 0.1) is 16.7 Å². The van der Waals surface area contributed by atoms with Crippen LogP contribution in [0.5, 0.6) is 0 Å². The molecule has 40 heavy (non-hydrogen) atoms. The van der Waals surface area contributed by atoms with E-state index in [0.29, 0.717) is 5.56 Å². The molecule has 4 rings (SSSR count). The fourth-order valence-electron chi connectivity index (χ4n) is 3.93. The van der Waals surface area contributed by atoms with Crippen LogP contribution in [-0.4, -0.2) is 65.2 Å². The predicted octanol–water partition coefficient (Wildman–Crippen LogP) is 4.72. The molecule has 0 bridgehead atoms. The van der Waals surface area contributed by atoms with Crippen LogP contribution in [0.2, 0.25) is 0 Å². The lowest BCUT2D eigenvalue weighted by atomic mass is 9.99. The molecule has 0 saturated carbocycles. The highest BCUT2D eigenvalue weighted by atomic mass is 79.9. The van der Waals surface area contributed by atoms with Crippen LogP contribution < -0.4 is 0 Å². The molecule has 1 saturated heterocycles. The first kappa shape index (κ1) is 29.4. The minimum atomic E-state index is -1.32. The average molecular weight is 676 g/mol. The molecule has 1 fully saturated rings. The normalized spacial score (nSPS) is 22.0. The molecule has 5 atom stereocenters. The predicted molar refractivity (Wildman–Crippen MR) is 149 cm³/mol. The van der Waals surface area contributed by atoms with Crippen molar-refractivity contribution in [1.82, 2.24) is 0 Å². The van der Waals surface area contributed by atoms with Gasteiger partial charge in [0.1, 0.15) is 18.0 Å². The first-order valence-electron chi connectivity index (χ1n) is 12.2. The Bertz CT molecular complexity index is 1300. The van der Waals surface area contributed by atoms with Gasteiger partial charge in [-0.3, -0.25) is 4.79 Å². The molecule has 0 N–H and O–H groups in total. The molecule has 0 aliphatic carbocycles. The number of halogens is 2. The van der Waals surface area contributed by atoms with Crippen molar-refractivity contribution in [3.8, 4) is 0 Å². The van der Waals surface area contributed by atoms with Crippen LogP contribution in [0.4, 0.5) is 0 Å². The monoisotopic (exact) mass is 674 g/mol. The standard InChI is InChI=1S/C29H24Br2O9/c30-16-22(32)38-24-23(39-28(34)19-12-6-2-7-13-19)21(17-36-27(33)18-10-4-1-5-11-18)37-26(31)25(24)40-29(35)20-14-8-3-9-15-20/h1-15,21,23-26H,16-17H2/t21-,23-,24+,25-,26+/m1/s1. The second-order valence-electron chi connectivity index (χ2n) is 8.55. The Morgan fingerprint density at radius 3 is 1.55 bits per heavy atom. The van der Waals surface area contributed by atoms with Crippen LogP contribution in [-0.2, 0) is 28.5 Å². The maximum atomic E-state index is 13.1. The largest absolute Gasteiger partial charge is 0.459 e. The zero-order valence-corrected chi connectivity index (χ0v) is 24.1. The Balaban J connectivity index is 1.63. The smallest absolute Gasteiger partial charge is 0.338 e. The number of hydrogen-bond acceptors (Lipinski definition) is 9. The maximum Gasteiger partial charge on any atom is 0.338 e. The number of hydrogen-bond donors (Lipinski definition) is 0. The first-order valence-corrected chi connectivity index (χ1v) is 14.2. The fourth-order valence-corrected chi connectivity index (χ4v) is 4.75. The van der Waals surface area contributed by atoms with E-state index in [-0.39, 0.29) is 23.1 Å². The molecule has 0 radical (unpaired) electrons. The van der Waals surface area contributed by atoms with Crippen molar-refractivity contribution in [3.05, 3.63) is 108 Å². The molecule has 1 aliphatic heterocycles. The molecule has 3 aromatic rings. The summed E-state index contributed by atoms with van der Waals surface area (Å²) in [7, 11) is 0. The molecule has 11 heteroatoms. The third-order valence-electron chi connectivity index (χ3n) is 5.85. The highest BCUT2D eigenvalue weighted by molar-refractivity contribution is 9.09. The van der Waals surface area contributed by atoms with Gasteiger partial charge in [0.15, 0.2) is 23.3 Å². The fraction of sp³-hybridized carbons (Fsp3) is 0.241. The lowest BCUT2D eigenvalue weighted by Crippen LogP contribution is -2.61. The van der Waals surface area contributed by atoms with Gasteiger partial charge in [0.2, 0.25) is 0 Å². The van der Waals surface area contributed by atoms with Crippen molar-refractivity contribution >= 4 is 55.7 Å². The second kappa shape index (κ2) is 14.2. The number of ether oxygens (including phenoxy) is 5. The minimum Gasteiger partial charge on any atom is -0.459 e. The zero-order valence-electron chi connectivity index (χ0n) is 20.9. The van der Waals surface area contributed by atoms with Gasteiger partial charge in [-0.15, -0.1) is 0 Å². The van der Waals surface area contributed by atoms with Crippen LogP contribution in [0, 0.1) is 0 Å². The summed E-state index contributed by atoms with van der Waals surface area (Å²) in [6, 6.07) is 24.7. The van der Waals surface area contributed by atoms with Crippen molar-refractivity contribution in [2.75, 3.05) is 11.9 Å². The highest BCUT2D eigenvalue weighted by Crippen LogP contribution is 2.33. The summed E-state index contributed by atoms with van der Waals surface area (Å²) >= 11 is 6.42. The summed E-state index contributed by atoms with van der Waals surface area (Å²) in [5, 5.41) is -1.19. The van der Waals surface area contributed by atoms with Gasteiger partial charge >= 0.3 is 23.9 Å². The number of alkyl halides is 2. The van der Waals surface area contributed by atoms with Gasteiger partial charge in [-0.25, -0.2) is 14.4 Å². The van der Waals surface area contributed by atoms with Crippen LogP contribution in [0.15, 0.2) is 91.0 Å². The molecule has 0 aromatic heterocycles. The van der Waals surface area contributed by atoms with E-state index < -0.39 is 53.3 Å². The Labute approximate surface area is 247 Å². The maximum absolute atomic E-state index is 13.1. The van der Waals surface area contributed by atoms with Crippen LogP contribution >= 0.6 is 31.9 Å². The Hall–Kier alpha value is -3.54. The van der Waals surface area contributed by atoms with Gasteiger partial charge in [-0.05, 0) is 36.4 Å². The van der Waals surface area contributed by atoms with Crippen molar-refractivity contribution < 1.29 is 42.9 Å². The molecule has 9 nitrogen and oxygen atoms in total. The minimum absolute atomic E-state index is 0.177. The summed E-state index contributed by atoms with van der Waals surface area (Å²) < 4.78 is 28.6. The molecule has 1 heterocycles.